The third kappa shape index (κ3) is 3.82. The molecule has 0 unspecified atom stereocenters. The Kier molecular flexibility index (Phi) is 5.18. The van der Waals surface area contributed by atoms with Gasteiger partial charge in [0, 0.05) is 55.2 Å². The van der Waals surface area contributed by atoms with Gasteiger partial charge in [0.25, 0.3) is 0 Å². The fourth-order valence-electron chi connectivity index (χ4n) is 4.89. The van der Waals surface area contributed by atoms with Crippen LogP contribution in [0.2, 0.25) is 0 Å². The first-order valence-electron chi connectivity index (χ1n) is 11.7. The monoisotopic (exact) mass is 445 g/mol. The zero-order chi connectivity index (χ0) is 22.2. The maximum absolute atomic E-state index is 10.8. The molecule has 0 spiro atoms. The van der Waals surface area contributed by atoms with E-state index in [0.717, 1.165) is 48.7 Å². The van der Waals surface area contributed by atoms with Crippen molar-refractivity contribution < 1.29 is 9.84 Å². The molecule has 33 heavy (non-hydrogen) atoms. The van der Waals surface area contributed by atoms with E-state index in [4.69, 9.17) is 19.9 Å². The van der Waals surface area contributed by atoms with Crippen LogP contribution in [-0.2, 0) is 4.74 Å². The highest BCUT2D eigenvalue weighted by Crippen LogP contribution is 2.34. The Morgan fingerprint density at radius 1 is 0.939 bits per heavy atom. The zero-order valence-electron chi connectivity index (χ0n) is 18.5. The molecular weight excluding hydrogens is 418 g/mol. The molecule has 0 bridgehead atoms. The third-order valence-electron chi connectivity index (χ3n) is 6.66. The number of hydrogen-bond acceptors (Lipinski definition) is 7. The number of rotatable bonds is 4. The van der Waals surface area contributed by atoms with Gasteiger partial charge in [-0.2, -0.15) is 19.4 Å². The predicted molar refractivity (Wildman–Crippen MR) is 124 cm³/mol. The second-order valence-corrected chi connectivity index (χ2v) is 8.78. The summed E-state index contributed by atoms with van der Waals surface area (Å²) < 4.78 is 8.99. The Morgan fingerprint density at radius 3 is 2.52 bits per heavy atom. The third-order valence-corrected chi connectivity index (χ3v) is 6.66. The van der Waals surface area contributed by atoms with Crippen LogP contribution in [0.1, 0.15) is 43.7 Å². The molecule has 4 aromatic heterocycles. The molecule has 4 aromatic rings. The Bertz CT molecular complexity index is 1250. The quantitative estimate of drug-likeness (QED) is 0.513. The molecule has 1 aliphatic heterocycles. The minimum atomic E-state index is 0.120. The standard InChI is InChI=1S/C24H27N7O2/c32-24-15-20(17-4-2-1-3-5-17)28-31(24)22-16-23(29-10-12-33-13-11-29)30-21(26-22)14-19(27-30)18-6-8-25-9-7-18/h6-9,14-17,32H,1-5,10-13H2. The van der Waals surface area contributed by atoms with Gasteiger partial charge < -0.3 is 14.7 Å². The van der Waals surface area contributed by atoms with Gasteiger partial charge >= 0.3 is 0 Å². The summed E-state index contributed by atoms with van der Waals surface area (Å²) in [6.45, 7) is 2.86. The van der Waals surface area contributed by atoms with E-state index in [-0.39, 0.29) is 5.88 Å². The molecule has 0 amide bonds. The normalized spacial score (nSPS) is 17.6. The highest BCUT2D eigenvalue weighted by atomic mass is 16.5. The van der Waals surface area contributed by atoms with Crippen LogP contribution in [0.3, 0.4) is 0 Å². The molecule has 1 saturated heterocycles. The van der Waals surface area contributed by atoms with Gasteiger partial charge in [-0.15, -0.1) is 0 Å². The topological polar surface area (TPSA) is 93.6 Å². The minimum Gasteiger partial charge on any atom is -0.493 e. The van der Waals surface area contributed by atoms with Crippen LogP contribution in [0, 0.1) is 0 Å². The smallest absolute Gasteiger partial charge is 0.215 e. The van der Waals surface area contributed by atoms with Crippen LogP contribution in [0.25, 0.3) is 22.7 Å². The number of anilines is 1. The molecule has 0 aromatic carbocycles. The summed E-state index contributed by atoms with van der Waals surface area (Å²) in [4.78, 5) is 11.2. The average molecular weight is 446 g/mol. The molecule has 0 atom stereocenters. The summed E-state index contributed by atoms with van der Waals surface area (Å²) in [5.41, 5.74) is 3.46. The van der Waals surface area contributed by atoms with Crippen molar-refractivity contribution in [1.29, 1.82) is 0 Å². The van der Waals surface area contributed by atoms with Gasteiger partial charge in [0.05, 0.1) is 24.6 Å². The molecule has 1 saturated carbocycles. The van der Waals surface area contributed by atoms with Crippen molar-refractivity contribution in [1.82, 2.24) is 29.4 Å². The first-order chi connectivity index (χ1) is 16.3. The second kappa shape index (κ2) is 8.47. The van der Waals surface area contributed by atoms with Crippen LogP contribution < -0.4 is 4.90 Å². The number of pyridine rings is 1. The van der Waals surface area contributed by atoms with E-state index in [2.05, 4.69) is 9.88 Å². The maximum atomic E-state index is 10.8. The van der Waals surface area contributed by atoms with Gasteiger partial charge in [0.1, 0.15) is 5.82 Å². The lowest BCUT2D eigenvalue weighted by Gasteiger charge is -2.29. The summed E-state index contributed by atoms with van der Waals surface area (Å²) >= 11 is 0. The van der Waals surface area contributed by atoms with Crippen molar-refractivity contribution in [3.63, 3.8) is 0 Å². The Hall–Kier alpha value is -3.46. The molecule has 2 fully saturated rings. The molecule has 9 heteroatoms. The van der Waals surface area contributed by atoms with Gasteiger partial charge in [0.15, 0.2) is 11.5 Å². The van der Waals surface area contributed by atoms with Crippen LogP contribution in [0.5, 0.6) is 5.88 Å². The van der Waals surface area contributed by atoms with Crippen molar-refractivity contribution in [2.24, 2.45) is 0 Å². The van der Waals surface area contributed by atoms with E-state index >= 15 is 0 Å². The fraction of sp³-hybridized carbons (Fsp3) is 0.417. The van der Waals surface area contributed by atoms with Crippen LogP contribution >= 0.6 is 0 Å². The lowest BCUT2D eigenvalue weighted by molar-refractivity contribution is 0.122. The number of ether oxygens (including phenoxy) is 1. The van der Waals surface area contributed by atoms with Crippen LogP contribution in [0.15, 0.2) is 42.7 Å². The van der Waals surface area contributed by atoms with Crippen molar-refractivity contribution in [3.8, 4) is 23.0 Å². The van der Waals surface area contributed by atoms with E-state index in [9.17, 15) is 5.11 Å². The van der Waals surface area contributed by atoms with Crippen LogP contribution in [0.4, 0.5) is 5.82 Å². The molecular formula is C24H27N7O2. The van der Waals surface area contributed by atoms with Gasteiger partial charge in [-0.3, -0.25) is 4.98 Å². The first kappa shape index (κ1) is 20.2. The SMILES string of the molecule is Oc1cc(C2CCCCC2)nn1-c1cc(N2CCOCC2)n2nc(-c3ccncc3)cc2n1. The second-order valence-electron chi connectivity index (χ2n) is 8.78. The molecule has 2 aliphatic rings. The van der Waals surface area contributed by atoms with E-state index in [1.807, 2.05) is 28.8 Å². The molecule has 170 valence electrons. The summed E-state index contributed by atoms with van der Waals surface area (Å²) in [7, 11) is 0. The van der Waals surface area contributed by atoms with Gasteiger partial charge in [0.2, 0.25) is 5.88 Å². The van der Waals surface area contributed by atoms with E-state index in [1.54, 1.807) is 23.1 Å². The summed E-state index contributed by atoms with van der Waals surface area (Å²) in [6, 6.07) is 9.60. The molecule has 1 aliphatic carbocycles. The Labute approximate surface area is 191 Å². The maximum Gasteiger partial charge on any atom is 0.215 e. The first-order valence-corrected chi connectivity index (χ1v) is 11.7. The Balaban J connectivity index is 1.46. The number of aromatic hydroxyl groups is 1. The fourth-order valence-corrected chi connectivity index (χ4v) is 4.89. The minimum absolute atomic E-state index is 0.120. The van der Waals surface area contributed by atoms with Crippen molar-refractivity contribution in [2.45, 2.75) is 38.0 Å². The summed E-state index contributed by atoms with van der Waals surface area (Å²) in [5.74, 6) is 2.02. The van der Waals surface area contributed by atoms with E-state index < -0.39 is 0 Å². The molecule has 5 heterocycles. The lowest BCUT2D eigenvalue weighted by Crippen LogP contribution is -2.37. The number of morpholine rings is 1. The largest absolute Gasteiger partial charge is 0.493 e. The summed E-state index contributed by atoms with van der Waals surface area (Å²) in [6.07, 6.45) is 9.49. The van der Waals surface area contributed by atoms with Crippen molar-refractivity contribution in [3.05, 3.63) is 48.4 Å². The van der Waals surface area contributed by atoms with Gasteiger partial charge in [-0.25, -0.2) is 4.98 Å². The van der Waals surface area contributed by atoms with E-state index in [1.165, 1.54) is 19.3 Å². The van der Waals surface area contributed by atoms with Crippen molar-refractivity contribution >= 4 is 11.5 Å². The van der Waals surface area contributed by atoms with Gasteiger partial charge in [-0.1, -0.05) is 19.3 Å². The van der Waals surface area contributed by atoms with Crippen molar-refractivity contribution in [2.75, 3.05) is 31.2 Å². The highest BCUT2D eigenvalue weighted by molar-refractivity contribution is 5.66. The predicted octanol–water partition coefficient (Wildman–Crippen LogP) is 3.57. The molecule has 9 nitrogen and oxygen atoms in total. The number of hydrogen-bond donors (Lipinski definition) is 1. The number of nitrogens with zero attached hydrogens (tertiary/aromatic N) is 7. The van der Waals surface area contributed by atoms with E-state index in [0.29, 0.717) is 30.6 Å². The average Bonchev–Trinajstić information content (AvgIpc) is 3.49. The molecule has 1 N–H and O–H groups in total. The lowest BCUT2D eigenvalue weighted by atomic mass is 9.87. The zero-order valence-corrected chi connectivity index (χ0v) is 18.5. The summed E-state index contributed by atoms with van der Waals surface area (Å²) in [5, 5.41) is 20.4. The number of aromatic nitrogens is 6. The molecule has 0 radical (unpaired) electrons. The van der Waals surface area contributed by atoms with Crippen LogP contribution in [-0.4, -0.2) is 60.8 Å². The van der Waals surface area contributed by atoms with Gasteiger partial charge in [-0.05, 0) is 25.0 Å². The Morgan fingerprint density at radius 2 is 1.73 bits per heavy atom. The molecule has 6 rings (SSSR count). The number of fused-ring (bicyclic) bond motifs is 1. The highest BCUT2D eigenvalue weighted by Gasteiger charge is 2.23.